The van der Waals surface area contributed by atoms with Gasteiger partial charge in [0, 0.05) is 23.9 Å². The first-order valence-corrected chi connectivity index (χ1v) is 12.2. The highest BCUT2D eigenvalue weighted by Crippen LogP contribution is 2.37. The van der Waals surface area contributed by atoms with Gasteiger partial charge in [-0.3, -0.25) is 4.98 Å². The third-order valence-electron chi connectivity index (χ3n) is 5.83. The van der Waals surface area contributed by atoms with Gasteiger partial charge in [-0.25, -0.2) is 13.9 Å². The van der Waals surface area contributed by atoms with Crippen molar-refractivity contribution in [1.29, 1.82) is 0 Å². The number of halogens is 1. The number of hydrogen-bond acceptors (Lipinski definition) is 8. The minimum Gasteiger partial charge on any atom is -0.496 e. The zero-order valence-corrected chi connectivity index (χ0v) is 21.0. The lowest BCUT2D eigenvalue weighted by Crippen LogP contribution is -1.98. The summed E-state index contributed by atoms with van der Waals surface area (Å²) < 4.78 is 39.1. The van der Waals surface area contributed by atoms with Crippen LogP contribution < -0.4 is 14.2 Å². The van der Waals surface area contributed by atoms with E-state index in [9.17, 15) is 4.39 Å². The first-order chi connectivity index (χ1) is 18.0. The van der Waals surface area contributed by atoms with Crippen molar-refractivity contribution >= 4 is 27.3 Å². The number of aromatic nitrogens is 4. The normalized spacial score (nSPS) is 11.4. The standard InChI is InChI=1S/C27H21FN4O4S/c1-15-7-20(28)25(29-12-15)17-6-4-5-16(8-17)14-35-22-9-18(33-2)10-23-19(22)11-24(36-23)21-13-32-26(30-21)37-27(31-32)34-3/h4-13H,14H2,1-3H3. The summed E-state index contributed by atoms with van der Waals surface area (Å²) in [5.74, 6) is 1.41. The van der Waals surface area contributed by atoms with Gasteiger partial charge in [0.2, 0.25) is 4.96 Å². The molecule has 0 atom stereocenters. The topological polar surface area (TPSA) is 83.9 Å². The summed E-state index contributed by atoms with van der Waals surface area (Å²) in [6, 6.07) is 14.5. The number of aryl methyl sites for hydroxylation is 1. The number of ether oxygens (including phenoxy) is 3. The number of rotatable bonds is 7. The van der Waals surface area contributed by atoms with Gasteiger partial charge in [0.25, 0.3) is 5.19 Å². The molecule has 0 amide bonds. The monoisotopic (exact) mass is 516 g/mol. The van der Waals surface area contributed by atoms with Crippen molar-refractivity contribution in [2.45, 2.75) is 13.5 Å². The van der Waals surface area contributed by atoms with Crippen LogP contribution in [0.5, 0.6) is 16.7 Å². The molecule has 0 N–H and O–H groups in total. The summed E-state index contributed by atoms with van der Waals surface area (Å²) in [7, 11) is 3.16. The van der Waals surface area contributed by atoms with Crippen LogP contribution in [0.3, 0.4) is 0 Å². The first kappa shape index (κ1) is 23.0. The second-order valence-corrected chi connectivity index (χ2v) is 9.32. The Morgan fingerprint density at radius 2 is 1.97 bits per heavy atom. The lowest BCUT2D eigenvalue weighted by atomic mass is 10.1. The summed E-state index contributed by atoms with van der Waals surface area (Å²) >= 11 is 1.34. The van der Waals surface area contributed by atoms with Crippen molar-refractivity contribution < 1.29 is 23.0 Å². The number of furan rings is 1. The molecular weight excluding hydrogens is 495 g/mol. The lowest BCUT2D eigenvalue weighted by Gasteiger charge is -2.10. The maximum absolute atomic E-state index is 14.5. The Labute approximate surface area is 214 Å². The average Bonchev–Trinajstić information content (AvgIpc) is 3.60. The van der Waals surface area contributed by atoms with Gasteiger partial charge in [-0.1, -0.05) is 18.2 Å². The second kappa shape index (κ2) is 9.21. The minimum absolute atomic E-state index is 0.258. The summed E-state index contributed by atoms with van der Waals surface area (Å²) in [5, 5.41) is 5.62. The third kappa shape index (κ3) is 4.36. The third-order valence-corrected chi connectivity index (χ3v) is 6.72. The second-order valence-electron chi connectivity index (χ2n) is 8.41. The molecular formula is C27H21FN4O4S. The van der Waals surface area contributed by atoms with E-state index < -0.39 is 0 Å². The van der Waals surface area contributed by atoms with E-state index in [0.717, 1.165) is 16.5 Å². The highest BCUT2D eigenvalue weighted by Gasteiger charge is 2.17. The molecule has 6 rings (SSSR count). The molecule has 0 saturated carbocycles. The Hall–Kier alpha value is -4.44. The largest absolute Gasteiger partial charge is 0.496 e. The van der Waals surface area contributed by atoms with Gasteiger partial charge in [0.05, 0.1) is 25.8 Å². The molecule has 37 heavy (non-hydrogen) atoms. The number of hydrogen-bond donors (Lipinski definition) is 0. The number of nitrogens with zero attached hydrogens (tertiary/aromatic N) is 4. The summed E-state index contributed by atoms with van der Waals surface area (Å²) in [5.41, 5.74) is 3.88. The summed E-state index contributed by atoms with van der Waals surface area (Å²) in [4.78, 5) is 9.56. The predicted molar refractivity (Wildman–Crippen MR) is 138 cm³/mol. The Morgan fingerprint density at radius 1 is 1.08 bits per heavy atom. The molecule has 0 radical (unpaired) electrons. The zero-order valence-electron chi connectivity index (χ0n) is 20.2. The van der Waals surface area contributed by atoms with Gasteiger partial charge >= 0.3 is 0 Å². The van der Waals surface area contributed by atoms with E-state index >= 15 is 0 Å². The van der Waals surface area contributed by atoms with Crippen LogP contribution in [0.4, 0.5) is 4.39 Å². The van der Waals surface area contributed by atoms with Gasteiger partial charge < -0.3 is 18.6 Å². The van der Waals surface area contributed by atoms with Crippen molar-refractivity contribution in [3.63, 3.8) is 0 Å². The van der Waals surface area contributed by atoms with Gasteiger partial charge in [0.15, 0.2) is 5.76 Å². The molecule has 0 aliphatic carbocycles. The quantitative estimate of drug-likeness (QED) is 0.246. The first-order valence-electron chi connectivity index (χ1n) is 11.4. The SMILES string of the molecule is COc1cc(OCc2cccc(-c3ncc(C)cc3F)c2)c2cc(-c3cn4nc(OC)sc4n3)oc2c1. The van der Waals surface area contributed by atoms with E-state index in [-0.39, 0.29) is 12.4 Å². The molecule has 0 bridgehead atoms. The molecule has 186 valence electrons. The van der Waals surface area contributed by atoms with Crippen molar-refractivity contribution in [1.82, 2.24) is 19.6 Å². The molecule has 4 heterocycles. The average molecular weight is 517 g/mol. The molecule has 0 unspecified atom stereocenters. The van der Waals surface area contributed by atoms with E-state index in [1.54, 1.807) is 37.2 Å². The molecule has 2 aromatic carbocycles. The van der Waals surface area contributed by atoms with E-state index in [1.165, 1.54) is 17.4 Å². The van der Waals surface area contributed by atoms with Gasteiger partial charge in [-0.15, -0.1) is 5.10 Å². The lowest BCUT2D eigenvalue weighted by molar-refractivity contribution is 0.307. The maximum Gasteiger partial charge on any atom is 0.294 e. The predicted octanol–water partition coefficient (Wildman–Crippen LogP) is 6.31. The number of fused-ring (bicyclic) bond motifs is 2. The fraction of sp³-hybridized carbons (Fsp3) is 0.148. The highest BCUT2D eigenvalue weighted by atomic mass is 32.1. The molecule has 0 aliphatic rings. The number of methoxy groups -OCH3 is 2. The molecule has 8 nitrogen and oxygen atoms in total. The van der Waals surface area contributed by atoms with Crippen molar-refractivity contribution in [3.8, 4) is 39.4 Å². The molecule has 4 aromatic heterocycles. The van der Waals surface area contributed by atoms with E-state index in [4.69, 9.17) is 18.6 Å². The van der Waals surface area contributed by atoms with Crippen LogP contribution in [0.15, 0.2) is 65.3 Å². The number of pyridine rings is 1. The zero-order chi connectivity index (χ0) is 25.5. The van der Waals surface area contributed by atoms with Crippen LogP contribution in [0.2, 0.25) is 0 Å². The van der Waals surface area contributed by atoms with E-state index in [1.807, 2.05) is 43.3 Å². The Kier molecular flexibility index (Phi) is 5.72. The summed E-state index contributed by atoms with van der Waals surface area (Å²) in [6.45, 7) is 2.07. The molecule has 6 aromatic rings. The Bertz CT molecular complexity index is 1730. The Morgan fingerprint density at radius 3 is 2.76 bits per heavy atom. The fourth-order valence-electron chi connectivity index (χ4n) is 4.04. The van der Waals surface area contributed by atoms with Crippen LogP contribution in [0.25, 0.3) is 38.6 Å². The van der Waals surface area contributed by atoms with E-state index in [2.05, 4.69) is 15.1 Å². The van der Waals surface area contributed by atoms with Crippen molar-refractivity contribution in [2.75, 3.05) is 14.2 Å². The highest BCUT2D eigenvalue weighted by molar-refractivity contribution is 7.18. The van der Waals surface area contributed by atoms with Crippen molar-refractivity contribution in [3.05, 3.63) is 77.9 Å². The minimum atomic E-state index is -0.355. The van der Waals surface area contributed by atoms with Crippen molar-refractivity contribution in [2.24, 2.45) is 0 Å². The van der Waals surface area contributed by atoms with Crippen LogP contribution in [0, 0.1) is 12.7 Å². The fourth-order valence-corrected chi connectivity index (χ4v) is 4.74. The molecule has 0 aliphatic heterocycles. The van der Waals surface area contributed by atoms with Gasteiger partial charge in [-0.2, -0.15) is 0 Å². The molecule has 0 spiro atoms. The van der Waals surface area contributed by atoms with Gasteiger partial charge in [0.1, 0.15) is 40.9 Å². The van der Waals surface area contributed by atoms with Crippen LogP contribution in [-0.4, -0.2) is 33.8 Å². The smallest absolute Gasteiger partial charge is 0.294 e. The number of imidazole rings is 1. The van der Waals surface area contributed by atoms with Gasteiger partial charge in [-0.05, 0) is 47.6 Å². The van der Waals surface area contributed by atoms with Crippen LogP contribution in [-0.2, 0) is 6.61 Å². The number of benzene rings is 2. The van der Waals surface area contributed by atoms with E-state index in [0.29, 0.717) is 49.9 Å². The Balaban J connectivity index is 1.30. The molecule has 0 fully saturated rings. The maximum atomic E-state index is 14.5. The molecule has 0 saturated heterocycles. The van der Waals surface area contributed by atoms with Crippen LogP contribution >= 0.6 is 11.3 Å². The van der Waals surface area contributed by atoms with Crippen LogP contribution in [0.1, 0.15) is 11.1 Å². The summed E-state index contributed by atoms with van der Waals surface area (Å²) in [6.07, 6.45) is 3.44. The molecule has 10 heteroatoms.